The lowest BCUT2D eigenvalue weighted by molar-refractivity contribution is 0.642. The van der Waals surface area contributed by atoms with Gasteiger partial charge in [-0.05, 0) is 6.92 Å². The molecule has 0 N–H and O–H groups in total. The average Bonchev–Trinajstić information content (AvgIpc) is 3.25. The van der Waals surface area contributed by atoms with E-state index >= 15 is 0 Å². The van der Waals surface area contributed by atoms with Crippen LogP contribution in [0.2, 0.25) is 0 Å². The van der Waals surface area contributed by atoms with Crippen molar-refractivity contribution in [2.75, 3.05) is 36.0 Å². The molecule has 10 heteroatoms. The maximum Gasteiger partial charge on any atom is 0.203 e. The second-order valence-corrected chi connectivity index (χ2v) is 6.39. The summed E-state index contributed by atoms with van der Waals surface area (Å²) in [5, 5.41) is 8.44. The molecule has 132 valence electrons. The van der Waals surface area contributed by atoms with Crippen LogP contribution in [0.25, 0.3) is 16.8 Å². The Morgan fingerprint density at radius 3 is 2.46 bits per heavy atom. The Balaban J connectivity index is 1.43. The molecule has 1 saturated heterocycles. The number of piperazine rings is 1. The Bertz CT molecular complexity index is 1090. The van der Waals surface area contributed by atoms with Gasteiger partial charge in [-0.2, -0.15) is 0 Å². The van der Waals surface area contributed by atoms with Crippen LogP contribution >= 0.6 is 0 Å². The fraction of sp³-hybridized carbons (Fsp3) is 0.375. The van der Waals surface area contributed by atoms with Crippen LogP contribution in [0.15, 0.2) is 25.0 Å². The highest BCUT2D eigenvalue weighted by molar-refractivity contribution is 5.83. The van der Waals surface area contributed by atoms with Crippen LogP contribution in [0.4, 0.5) is 11.6 Å². The van der Waals surface area contributed by atoms with Crippen LogP contribution < -0.4 is 9.80 Å². The minimum absolute atomic E-state index is 0.727. The summed E-state index contributed by atoms with van der Waals surface area (Å²) in [6.07, 6.45) is 7.05. The zero-order chi connectivity index (χ0) is 17.7. The number of aryl methyl sites for hydroxylation is 2. The van der Waals surface area contributed by atoms with E-state index in [1.165, 1.54) is 0 Å². The third-order valence-corrected chi connectivity index (χ3v) is 4.85. The zero-order valence-corrected chi connectivity index (χ0v) is 14.6. The molecule has 1 fully saturated rings. The van der Waals surface area contributed by atoms with Crippen molar-refractivity contribution in [1.82, 2.24) is 39.1 Å². The van der Waals surface area contributed by atoms with E-state index in [4.69, 9.17) is 0 Å². The molecule has 1 aliphatic heterocycles. The Labute approximate surface area is 149 Å². The van der Waals surface area contributed by atoms with Gasteiger partial charge in [-0.25, -0.2) is 19.9 Å². The number of fused-ring (bicyclic) bond motifs is 2. The van der Waals surface area contributed by atoms with Crippen LogP contribution in [0.5, 0.6) is 0 Å². The van der Waals surface area contributed by atoms with Gasteiger partial charge in [-0.3, -0.25) is 4.40 Å². The minimum atomic E-state index is 0.727. The lowest BCUT2D eigenvalue weighted by Crippen LogP contribution is -2.47. The van der Waals surface area contributed by atoms with E-state index in [1.54, 1.807) is 18.9 Å². The van der Waals surface area contributed by atoms with Crippen molar-refractivity contribution in [1.29, 1.82) is 0 Å². The summed E-state index contributed by atoms with van der Waals surface area (Å²) >= 11 is 0. The van der Waals surface area contributed by atoms with Crippen molar-refractivity contribution in [3.63, 3.8) is 0 Å². The molecule has 4 aromatic heterocycles. The van der Waals surface area contributed by atoms with Crippen molar-refractivity contribution >= 4 is 28.4 Å². The van der Waals surface area contributed by atoms with Gasteiger partial charge in [-0.1, -0.05) is 0 Å². The second kappa shape index (κ2) is 5.61. The van der Waals surface area contributed by atoms with Gasteiger partial charge in [-0.15, -0.1) is 10.2 Å². The molecule has 0 atom stereocenters. The van der Waals surface area contributed by atoms with Crippen LogP contribution in [0, 0.1) is 6.92 Å². The molecule has 1 aliphatic rings. The van der Waals surface area contributed by atoms with Gasteiger partial charge in [0.1, 0.15) is 17.7 Å². The molecule has 0 aromatic carbocycles. The maximum absolute atomic E-state index is 4.54. The first kappa shape index (κ1) is 15.0. The van der Waals surface area contributed by atoms with E-state index in [0.29, 0.717) is 0 Å². The normalized spacial score (nSPS) is 15.3. The van der Waals surface area contributed by atoms with E-state index in [1.807, 2.05) is 29.1 Å². The summed E-state index contributed by atoms with van der Waals surface area (Å²) in [7, 11) is 1.97. The molecule has 0 bridgehead atoms. The van der Waals surface area contributed by atoms with E-state index in [0.717, 1.165) is 60.5 Å². The smallest absolute Gasteiger partial charge is 0.203 e. The van der Waals surface area contributed by atoms with Crippen LogP contribution in [-0.2, 0) is 7.05 Å². The maximum atomic E-state index is 4.54. The number of rotatable bonds is 2. The Morgan fingerprint density at radius 2 is 1.65 bits per heavy atom. The fourth-order valence-electron chi connectivity index (χ4n) is 3.48. The Kier molecular flexibility index (Phi) is 3.24. The van der Waals surface area contributed by atoms with Gasteiger partial charge >= 0.3 is 0 Å². The largest absolute Gasteiger partial charge is 0.351 e. The number of anilines is 2. The second-order valence-electron chi connectivity index (χ2n) is 6.39. The van der Waals surface area contributed by atoms with Gasteiger partial charge in [0.2, 0.25) is 5.65 Å². The number of hydrogen-bond acceptors (Lipinski definition) is 8. The predicted molar refractivity (Wildman–Crippen MR) is 96.2 cm³/mol. The first-order chi connectivity index (χ1) is 12.7. The van der Waals surface area contributed by atoms with E-state index < -0.39 is 0 Å². The van der Waals surface area contributed by atoms with E-state index in [9.17, 15) is 0 Å². The number of hydrogen-bond donors (Lipinski definition) is 0. The standard InChI is InChI=1S/C16H18N10/c1-11-21-22-16-15(17-3-4-26(11)16)25-7-5-24(6-8-25)14-12-13(18-9-19-14)20-10-23(12)2/h3-4,9-10H,5-8H2,1-2H3. The van der Waals surface area contributed by atoms with Gasteiger partial charge < -0.3 is 14.4 Å². The molecule has 0 amide bonds. The van der Waals surface area contributed by atoms with Gasteiger partial charge in [0.05, 0.1) is 6.33 Å². The van der Waals surface area contributed by atoms with Gasteiger partial charge in [0, 0.05) is 45.6 Å². The quantitative estimate of drug-likeness (QED) is 0.514. The third kappa shape index (κ3) is 2.18. The highest BCUT2D eigenvalue weighted by Gasteiger charge is 2.24. The van der Waals surface area contributed by atoms with Crippen molar-refractivity contribution in [2.45, 2.75) is 6.92 Å². The molecule has 0 aliphatic carbocycles. The number of imidazole rings is 1. The molecule has 0 radical (unpaired) electrons. The predicted octanol–water partition coefficient (Wildman–Crippen LogP) is 0.436. The van der Waals surface area contributed by atoms with Crippen molar-refractivity contribution in [3.05, 3.63) is 30.9 Å². The number of aromatic nitrogens is 8. The lowest BCUT2D eigenvalue weighted by Gasteiger charge is -2.36. The first-order valence-corrected chi connectivity index (χ1v) is 8.50. The first-order valence-electron chi connectivity index (χ1n) is 8.50. The molecule has 5 rings (SSSR count). The lowest BCUT2D eigenvalue weighted by atomic mass is 10.3. The SMILES string of the molecule is Cc1nnc2c(N3CCN(c4ncnc5ncn(C)c45)CC3)nccn12. The highest BCUT2D eigenvalue weighted by Crippen LogP contribution is 2.25. The van der Waals surface area contributed by atoms with Crippen LogP contribution in [0.1, 0.15) is 5.82 Å². The monoisotopic (exact) mass is 350 g/mol. The minimum Gasteiger partial charge on any atom is -0.351 e. The summed E-state index contributed by atoms with van der Waals surface area (Å²) in [6, 6.07) is 0. The van der Waals surface area contributed by atoms with Crippen molar-refractivity contribution in [2.24, 2.45) is 7.05 Å². The van der Waals surface area contributed by atoms with Crippen LogP contribution in [-0.4, -0.2) is 65.3 Å². The summed E-state index contributed by atoms with van der Waals surface area (Å²) in [5.41, 5.74) is 2.49. The van der Waals surface area contributed by atoms with Gasteiger partial charge in [0.25, 0.3) is 0 Å². The van der Waals surface area contributed by atoms with Crippen molar-refractivity contribution in [3.8, 4) is 0 Å². The zero-order valence-electron chi connectivity index (χ0n) is 14.6. The molecule has 4 aromatic rings. The van der Waals surface area contributed by atoms with Crippen molar-refractivity contribution < 1.29 is 0 Å². The van der Waals surface area contributed by atoms with E-state index in [-0.39, 0.29) is 0 Å². The summed E-state index contributed by atoms with van der Waals surface area (Å²) in [6.45, 7) is 5.29. The third-order valence-electron chi connectivity index (χ3n) is 4.85. The highest BCUT2D eigenvalue weighted by atomic mass is 15.3. The van der Waals surface area contributed by atoms with E-state index in [2.05, 4.69) is 39.9 Å². The van der Waals surface area contributed by atoms with Crippen LogP contribution in [0.3, 0.4) is 0 Å². The molecule has 0 saturated carbocycles. The molecule has 26 heavy (non-hydrogen) atoms. The topological polar surface area (TPSA) is 93.2 Å². The molecule has 0 spiro atoms. The summed E-state index contributed by atoms with van der Waals surface area (Å²) in [5.74, 6) is 2.67. The molecule has 5 heterocycles. The molecule has 0 unspecified atom stereocenters. The Morgan fingerprint density at radius 1 is 0.885 bits per heavy atom. The average molecular weight is 350 g/mol. The molecular weight excluding hydrogens is 332 g/mol. The molecular formula is C16H18N10. The summed E-state index contributed by atoms with van der Waals surface area (Å²) in [4.78, 5) is 22.1. The summed E-state index contributed by atoms with van der Waals surface area (Å²) < 4.78 is 3.94. The number of nitrogens with zero attached hydrogens (tertiary/aromatic N) is 10. The fourth-order valence-corrected chi connectivity index (χ4v) is 3.48. The van der Waals surface area contributed by atoms with Gasteiger partial charge in [0.15, 0.2) is 17.3 Å². The molecule has 10 nitrogen and oxygen atoms in total. The Hall–Kier alpha value is -3.30.